The molecule has 0 aliphatic carbocycles. The molecule has 3 aromatic rings. The first-order valence-electron chi connectivity index (χ1n) is 11.1. The van der Waals surface area contributed by atoms with Gasteiger partial charge in [-0.15, -0.1) is 0 Å². The molecule has 0 spiro atoms. The summed E-state index contributed by atoms with van der Waals surface area (Å²) in [7, 11) is 0. The molecule has 0 saturated heterocycles. The minimum Gasteiger partial charge on any atom is -0.318 e. The highest BCUT2D eigenvalue weighted by Crippen LogP contribution is 2.32. The lowest BCUT2D eigenvalue weighted by atomic mass is 10.1. The summed E-state index contributed by atoms with van der Waals surface area (Å²) in [5.74, 6) is -0.373. The molecule has 3 heterocycles. The second-order valence-electron chi connectivity index (χ2n) is 8.80. The highest BCUT2D eigenvalue weighted by atomic mass is 32.2. The number of carbonyl (C=O) groups excluding carboxylic acids is 1. The lowest BCUT2D eigenvalue weighted by Gasteiger charge is -2.20. The fourth-order valence-electron chi connectivity index (χ4n) is 4.45. The van der Waals surface area contributed by atoms with Gasteiger partial charge in [-0.25, -0.2) is 0 Å². The molecule has 0 unspecified atom stereocenters. The molecule has 5 rings (SSSR count). The van der Waals surface area contributed by atoms with Crippen LogP contribution in [0.25, 0.3) is 11.8 Å². The van der Waals surface area contributed by atoms with Crippen molar-refractivity contribution in [1.29, 1.82) is 5.41 Å². The van der Waals surface area contributed by atoms with Crippen molar-refractivity contribution in [2.45, 2.75) is 34.6 Å². The van der Waals surface area contributed by atoms with Crippen LogP contribution in [0.4, 0.5) is 0 Å². The van der Waals surface area contributed by atoms with Gasteiger partial charge < -0.3 is 4.57 Å². The Morgan fingerprint density at radius 2 is 1.68 bits per heavy atom. The Morgan fingerprint density at radius 3 is 2.38 bits per heavy atom. The molecular formula is C27H25N5OS. The zero-order valence-corrected chi connectivity index (χ0v) is 20.6. The SMILES string of the molecule is Cc1cccc(C2=NN3C(=N)C(=Cc4cc(C)n(-c5cc(C)cc(C)c5)c4C)C(=O)N=C3S2)c1. The molecule has 2 aromatic carbocycles. The lowest BCUT2D eigenvalue weighted by Crippen LogP contribution is -2.35. The monoisotopic (exact) mass is 467 g/mol. The maximum atomic E-state index is 12.9. The molecule has 0 bridgehead atoms. The molecule has 170 valence electrons. The van der Waals surface area contributed by atoms with Crippen molar-refractivity contribution < 1.29 is 4.79 Å². The van der Waals surface area contributed by atoms with Gasteiger partial charge in [0, 0.05) is 22.6 Å². The fraction of sp³-hybridized carbons (Fsp3) is 0.185. The topological polar surface area (TPSA) is 73.8 Å². The van der Waals surface area contributed by atoms with Gasteiger partial charge in [0.2, 0.25) is 5.17 Å². The summed E-state index contributed by atoms with van der Waals surface area (Å²) in [6.07, 6.45) is 1.76. The molecule has 0 saturated carbocycles. The molecular weight excluding hydrogens is 442 g/mol. The normalized spacial score (nSPS) is 16.7. The van der Waals surface area contributed by atoms with Gasteiger partial charge in [0.25, 0.3) is 5.91 Å². The standard InChI is InChI=1S/C27H25N5OS/c1-15-7-6-8-20(10-15)26-30-32-24(28)23(25(33)29-27(32)34-26)14-21-13-18(4)31(19(21)5)22-11-16(2)9-17(3)12-22/h6-14,28H,1-5H3. The van der Waals surface area contributed by atoms with Crippen LogP contribution in [0.3, 0.4) is 0 Å². The molecule has 6 nitrogen and oxygen atoms in total. The van der Waals surface area contributed by atoms with Crippen LogP contribution in [-0.4, -0.2) is 31.5 Å². The largest absolute Gasteiger partial charge is 0.318 e. The van der Waals surface area contributed by atoms with Crippen molar-refractivity contribution in [3.05, 3.63) is 93.3 Å². The van der Waals surface area contributed by atoms with Gasteiger partial charge in [-0.3, -0.25) is 10.2 Å². The lowest BCUT2D eigenvalue weighted by molar-refractivity contribution is -0.114. The predicted octanol–water partition coefficient (Wildman–Crippen LogP) is 5.69. The van der Waals surface area contributed by atoms with Crippen molar-refractivity contribution >= 4 is 39.8 Å². The smallest absolute Gasteiger partial charge is 0.283 e. The van der Waals surface area contributed by atoms with Crippen LogP contribution in [0, 0.1) is 40.0 Å². The highest BCUT2D eigenvalue weighted by molar-refractivity contribution is 8.27. The number of hydrogen-bond donors (Lipinski definition) is 1. The molecule has 34 heavy (non-hydrogen) atoms. The molecule has 2 aliphatic heterocycles. The van der Waals surface area contributed by atoms with Gasteiger partial charge in [-0.1, -0.05) is 29.8 Å². The van der Waals surface area contributed by atoms with E-state index in [2.05, 4.69) is 46.7 Å². The maximum absolute atomic E-state index is 12.9. The molecule has 0 fully saturated rings. The van der Waals surface area contributed by atoms with Gasteiger partial charge in [0.15, 0.2) is 5.84 Å². The van der Waals surface area contributed by atoms with E-state index in [0.29, 0.717) is 5.17 Å². The highest BCUT2D eigenvalue weighted by Gasteiger charge is 2.36. The maximum Gasteiger partial charge on any atom is 0.283 e. The Morgan fingerprint density at radius 1 is 0.941 bits per heavy atom. The summed E-state index contributed by atoms with van der Waals surface area (Å²) < 4.78 is 2.18. The van der Waals surface area contributed by atoms with Gasteiger partial charge >= 0.3 is 0 Å². The number of thioether (sulfide) groups is 1. The Kier molecular flexibility index (Phi) is 5.37. The molecule has 0 radical (unpaired) electrons. The summed E-state index contributed by atoms with van der Waals surface area (Å²) in [4.78, 5) is 17.2. The number of hydrogen-bond acceptors (Lipinski definition) is 4. The molecule has 2 aliphatic rings. The Labute approximate surface area is 203 Å². The molecule has 1 N–H and O–H groups in total. The third-order valence-electron chi connectivity index (χ3n) is 5.95. The fourth-order valence-corrected chi connectivity index (χ4v) is 5.34. The number of aryl methyl sites for hydroxylation is 4. The third-order valence-corrected chi connectivity index (χ3v) is 6.91. The summed E-state index contributed by atoms with van der Waals surface area (Å²) in [5.41, 5.74) is 8.74. The number of aromatic nitrogens is 1. The number of aliphatic imine (C=N–C) groups is 1. The van der Waals surface area contributed by atoms with E-state index in [1.807, 2.05) is 51.1 Å². The summed E-state index contributed by atoms with van der Waals surface area (Å²) >= 11 is 1.31. The Hall–Kier alpha value is -3.71. The van der Waals surface area contributed by atoms with Crippen molar-refractivity contribution in [3.63, 3.8) is 0 Å². The van der Waals surface area contributed by atoms with Gasteiger partial charge in [0.05, 0.1) is 5.57 Å². The van der Waals surface area contributed by atoms with E-state index >= 15 is 0 Å². The number of nitrogens with zero attached hydrogens (tertiary/aromatic N) is 4. The van der Waals surface area contributed by atoms with Gasteiger partial charge in [-0.05, 0) is 93.4 Å². The van der Waals surface area contributed by atoms with Crippen molar-refractivity contribution in [2.24, 2.45) is 10.1 Å². The summed E-state index contributed by atoms with van der Waals surface area (Å²) in [5, 5.41) is 15.9. The molecule has 0 atom stereocenters. The first-order valence-corrected chi connectivity index (χ1v) is 11.9. The second kappa shape index (κ2) is 8.25. The summed E-state index contributed by atoms with van der Waals surface area (Å²) in [6, 6.07) is 16.5. The van der Waals surface area contributed by atoms with Crippen LogP contribution in [0.15, 0.2) is 64.2 Å². The third kappa shape index (κ3) is 3.82. The molecule has 1 amide bonds. The van der Waals surface area contributed by atoms with Crippen molar-refractivity contribution in [2.75, 3.05) is 0 Å². The number of carbonyl (C=O) groups is 1. The van der Waals surface area contributed by atoms with Gasteiger partial charge in [0.1, 0.15) is 5.04 Å². The molecule has 7 heteroatoms. The van der Waals surface area contributed by atoms with E-state index in [1.54, 1.807) is 6.08 Å². The number of amides is 1. The van der Waals surface area contributed by atoms with E-state index in [-0.39, 0.29) is 11.4 Å². The van der Waals surface area contributed by atoms with E-state index in [9.17, 15) is 4.79 Å². The van der Waals surface area contributed by atoms with Crippen molar-refractivity contribution in [3.8, 4) is 5.69 Å². The van der Waals surface area contributed by atoms with Crippen LogP contribution in [0.2, 0.25) is 0 Å². The number of rotatable bonds is 3. The number of amidine groups is 2. The predicted molar refractivity (Wildman–Crippen MR) is 140 cm³/mol. The minimum absolute atomic E-state index is 0.0429. The first-order chi connectivity index (χ1) is 16.2. The van der Waals surface area contributed by atoms with Crippen molar-refractivity contribution in [1.82, 2.24) is 9.58 Å². The number of fused-ring (bicyclic) bond motifs is 1. The average molecular weight is 468 g/mol. The minimum atomic E-state index is -0.416. The van der Waals surface area contributed by atoms with Crippen LogP contribution in [0.1, 0.15) is 39.2 Å². The van der Waals surface area contributed by atoms with E-state index in [4.69, 9.17) is 5.41 Å². The Bertz CT molecular complexity index is 1450. The first kappa shape index (κ1) is 22.1. The number of hydrazone groups is 1. The second-order valence-corrected chi connectivity index (χ2v) is 9.76. The van der Waals surface area contributed by atoms with Gasteiger partial charge in [-0.2, -0.15) is 15.1 Å². The number of benzene rings is 2. The molecule has 1 aromatic heterocycles. The van der Waals surface area contributed by atoms with Crippen LogP contribution in [0.5, 0.6) is 0 Å². The Balaban J connectivity index is 1.52. The van der Waals surface area contributed by atoms with Crippen LogP contribution >= 0.6 is 11.8 Å². The summed E-state index contributed by atoms with van der Waals surface area (Å²) in [6.45, 7) is 10.3. The quantitative estimate of drug-likeness (QED) is 0.503. The van der Waals surface area contributed by atoms with E-state index in [1.165, 1.54) is 27.9 Å². The van der Waals surface area contributed by atoms with Crippen LogP contribution < -0.4 is 0 Å². The zero-order chi connectivity index (χ0) is 24.1. The van der Waals surface area contributed by atoms with E-state index in [0.717, 1.165) is 38.8 Å². The van der Waals surface area contributed by atoms with E-state index < -0.39 is 5.91 Å². The van der Waals surface area contributed by atoms with Crippen LogP contribution in [-0.2, 0) is 4.79 Å². The number of nitrogens with one attached hydrogen (secondary N) is 1. The zero-order valence-electron chi connectivity index (χ0n) is 19.8. The average Bonchev–Trinajstić information content (AvgIpc) is 3.31.